The summed E-state index contributed by atoms with van der Waals surface area (Å²) in [7, 11) is 0. The van der Waals surface area contributed by atoms with Gasteiger partial charge in [0.15, 0.2) is 0 Å². The number of nitrogens with zero attached hydrogens (tertiary/aromatic N) is 2. The maximum absolute atomic E-state index is 9.16. The zero-order chi connectivity index (χ0) is 13.0. The van der Waals surface area contributed by atoms with Crippen molar-refractivity contribution >= 4 is 17.3 Å². The predicted octanol–water partition coefficient (Wildman–Crippen LogP) is 3.22. The Hall–Kier alpha value is -1.24. The second-order valence-corrected chi connectivity index (χ2v) is 4.88. The van der Waals surface area contributed by atoms with Crippen LogP contribution in [0.2, 0.25) is 5.02 Å². The SMILES string of the molecule is CCN(CC1CCCO1)c1cc(Cl)ccc1C#N. The van der Waals surface area contributed by atoms with Crippen LogP contribution in [0.3, 0.4) is 0 Å². The molecule has 1 atom stereocenters. The van der Waals surface area contributed by atoms with E-state index in [2.05, 4.69) is 17.9 Å². The van der Waals surface area contributed by atoms with Crippen molar-refractivity contribution < 1.29 is 4.74 Å². The molecule has 1 fully saturated rings. The molecule has 0 aliphatic carbocycles. The van der Waals surface area contributed by atoms with Gasteiger partial charge in [-0.1, -0.05) is 11.6 Å². The lowest BCUT2D eigenvalue weighted by Gasteiger charge is -2.27. The Kier molecular flexibility index (Phi) is 4.46. The first-order valence-corrected chi connectivity index (χ1v) is 6.68. The van der Waals surface area contributed by atoms with Gasteiger partial charge in [0.2, 0.25) is 0 Å². The third-order valence-electron chi connectivity index (χ3n) is 3.25. The quantitative estimate of drug-likeness (QED) is 0.838. The van der Waals surface area contributed by atoms with Crippen molar-refractivity contribution in [3.05, 3.63) is 28.8 Å². The van der Waals surface area contributed by atoms with E-state index in [9.17, 15) is 0 Å². The van der Waals surface area contributed by atoms with E-state index in [1.807, 2.05) is 6.07 Å². The molecule has 1 heterocycles. The van der Waals surface area contributed by atoms with Crippen molar-refractivity contribution in [2.75, 3.05) is 24.6 Å². The third kappa shape index (κ3) is 2.95. The Morgan fingerprint density at radius 2 is 2.39 bits per heavy atom. The average molecular weight is 265 g/mol. The summed E-state index contributed by atoms with van der Waals surface area (Å²) in [5, 5.41) is 9.83. The van der Waals surface area contributed by atoms with Crippen molar-refractivity contribution in [1.29, 1.82) is 5.26 Å². The van der Waals surface area contributed by atoms with Gasteiger partial charge >= 0.3 is 0 Å². The van der Waals surface area contributed by atoms with E-state index >= 15 is 0 Å². The van der Waals surface area contributed by atoms with E-state index < -0.39 is 0 Å². The fraction of sp³-hybridized carbons (Fsp3) is 0.500. The fourth-order valence-corrected chi connectivity index (χ4v) is 2.46. The maximum atomic E-state index is 9.16. The summed E-state index contributed by atoms with van der Waals surface area (Å²) in [4.78, 5) is 2.17. The molecule has 0 N–H and O–H groups in total. The summed E-state index contributed by atoms with van der Waals surface area (Å²) in [6.07, 6.45) is 2.50. The van der Waals surface area contributed by atoms with Crippen LogP contribution in [0.4, 0.5) is 5.69 Å². The van der Waals surface area contributed by atoms with Crippen LogP contribution in [0.15, 0.2) is 18.2 Å². The highest BCUT2D eigenvalue weighted by Gasteiger charge is 2.20. The minimum absolute atomic E-state index is 0.274. The molecular formula is C14H17ClN2O. The number of benzene rings is 1. The van der Waals surface area contributed by atoms with Crippen molar-refractivity contribution in [2.45, 2.75) is 25.9 Å². The number of hydrogen-bond acceptors (Lipinski definition) is 3. The molecule has 96 valence electrons. The fourth-order valence-electron chi connectivity index (χ4n) is 2.29. The van der Waals surface area contributed by atoms with Crippen molar-refractivity contribution in [3.8, 4) is 6.07 Å². The van der Waals surface area contributed by atoms with Crippen LogP contribution in [-0.4, -0.2) is 25.8 Å². The molecule has 0 spiro atoms. The van der Waals surface area contributed by atoms with Crippen LogP contribution < -0.4 is 4.90 Å². The molecule has 0 aromatic heterocycles. The summed E-state index contributed by atoms with van der Waals surface area (Å²) in [6, 6.07) is 7.61. The lowest BCUT2D eigenvalue weighted by Crippen LogP contribution is -2.32. The molecular weight excluding hydrogens is 248 g/mol. The number of ether oxygens (including phenoxy) is 1. The van der Waals surface area contributed by atoms with Crippen LogP contribution in [0.1, 0.15) is 25.3 Å². The Bertz CT molecular complexity index is 450. The van der Waals surface area contributed by atoms with Crippen molar-refractivity contribution in [1.82, 2.24) is 0 Å². The largest absolute Gasteiger partial charge is 0.376 e. The highest BCUT2D eigenvalue weighted by Crippen LogP contribution is 2.26. The standard InChI is InChI=1S/C14H17ClN2O/c1-2-17(10-13-4-3-7-18-13)14-8-12(15)6-5-11(14)9-16/h5-6,8,13H,2-4,7,10H2,1H3. The Morgan fingerprint density at radius 3 is 3.00 bits per heavy atom. The molecule has 1 aromatic carbocycles. The van der Waals surface area contributed by atoms with Gasteiger partial charge in [0, 0.05) is 24.7 Å². The molecule has 2 rings (SSSR count). The van der Waals surface area contributed by atoms with Gasteiger partial charge in [-0.05, 0) is 38.0 Å². The Labute approximate surface area is 113 Å². The summed E-state index contributed by atoms with van der Waals surface area (Å²) >= 11 is 6.02. The van der Waals surface area contributed by atoms with Crippen LogP contribution in [0, 0.1) is 11.3 Å². The number of likely N-dealkylation sites (N-methyl/N-ethyl adjacent to an activating group) is 1. The van der Waals surface area contributed by atoms with Crippen molar-refractivity contribution in [3.63, 3.8) is 0 Å². The van der Waals surface area contributed by atoms with Crippen LogP contribution in [0.25, 0.3) is 0 Å². The van der Waals surface area contributed by atoms with Gasteiger partial charge in [0.1, 0.15) is 6.07 Å². The van der Waals surface area contributed by atoms with E-state index in [0.29, 0.717) is 10.6 Å². The van der Waals surface area contributed by atoms with Gasteiger partial charge in [-0.3, -0.25) is 0 Å². The molecule has 0 bridgehead atoms. The highest BCUT2D eigenvalue weighted by molar-refractivity contribution is 6.30. The minimum atomic E-state index is 0.274. The molecule has 18 heavy (non-hydrogen) atoms. The second kappa shape index (κ2) is 6.08. The first-order chi connectivity index (χ1) is 8.74. The zero-order valence-electron chi connectivity index (χ0n) is 10.5. The van der Waals surface area contributed by atoms with Gasteiger partial charge < -0.3 is 9.64 Å². The summed E-state index contributed by atoms with van der Waals surface area (Å²) in [5.74, 6) is 0. The average Bonchev–Trinajstić information content (AvgIpc) is 2.88. The number of rotatable bonds is 4. The molecule has 1 saturated heterocycles. The van der Waals surface area contributed by atoms with Gasteiger partial charge in [-0.25, -0.2) is 0 Å². The van der Waals surface area contributed by atoms with Crippen molar-refractivity contribution in [2.24, 2.45) is 0 Å². The van der Waals surface area contributed by atoms with Crippen LogP contribution in [0.5, 0.6) is 0 Å². The molecule has 1 aliphatic heterocycles. The van der Waals surface area contributed by atoms with Gasteiger partial charge in [-0.15, -0.1) is 0 Å². The summed E-state index contributed by atoms with van der Waals surface area (Å²) < 4.78 is 5.65. The smallest absolute Gasteiger partial charge is 0.101 e. The lowest BCUT2D eigenvalue weighted by atomic mass is 10.1. The topological polar surface area (TPSA) is 36.3 Å². The first-order valence-electron chi connectivity index (χ1n) is 6.30. The van der Waals surface area contributed by atoms with E-state index in [1.165, 1.54) is 0 Å². The molecule has 1 aliphatic rings. The van der Waals surface area contributed by atoms with Crippen LogP contribution >= 0.6 is 11.6 Å². The molecule has 4 heteroatoms. The van der Waals surface area contributed by atoms with Gasteiger partial charge in [-0.2, -0.15) is 5.26 Å². The van der Waals surface area contributed by atoms with Crippen LogP contribution in [-0.2, 0) is 4.74 Å². The normalized spacial score (nSPS) is 18.6. The van der Waals surface area contributed by atoms with E-state index in [4.69, 9.17) is 21.6 Å². The number of halogens is 1. The maximum Gasteiger partial charge on any atom is 0.101 e. The molecule has 1 unspecified atom stereocenters. The lowest BCUT2D eigenvalue weighted by molar-refractivity contribution is 0.115. The summed E-state index contributed by atoms with van der Waals surface area (Å²) in [5.41, 5.74) is 1.57. The molecule has 0 amide bonds. The number of anilines is 1. The van der Waals surface area contributed by atoms with Gasteiger partial charge in [0.25, 0.3) is 0 Å². The predicted molar refractivity (Wildman–Crippen MR) is 73.0 cm³/mol. The molecule has 0 radical (unpaired) electrons. The number of hydrogen-bond donors (Lipinski definition) is 0. The Balaban J connectivity index is 2.20. The summed E-state index contributed by atoms with van der Waals surface area (Å²) in [6.45, 7) is 4.60. The minimum Gasteiger partial charge on any atom is -0.376 e. The molecule has 0 saturated carbocycles. The van der Waals surface area contributed by atoms with E-state index in [1.54, 1.807) is 12.1 Å². The monoisotopic (exact) mass is 264 g/mol. The van der Waals surface area contributed by atoms with E-state index in [-0.39, 0.29) is 6.10 Å². The van der Waals surface area contributed by atoms with Gasteiger partial charge in [0.05, 0.1) is 17.4 Å². The molecule has 1 aromatic rings. The number of nitriles is 1. The first kappa shape index (κ1) is 13.2. The second-order valence-electron chi connectivity index (χ2n) is 4.45. The Morgan fingerprint density at radius 1 is 1.56 bits per heavy atom. The third-order valence-corrected chi connectivity index (χ3v) is 3.49. The zero-order valence-corrected chi connectivity index (χ0v) is 11.3. The molecule has 3 nitrogen and oxygen atoms in total. The highest BCUT2D eigenvalue weighted by atomic mass is 35.5. The van der Waals surface area contributed by atoms with E-state index in [0.717, 1.165) is 38.2 Å².